The molecule has 152 valence electrons. The standard InChI is InChI=1S/C22H21ClFNO3S/c1-3-25(29(26,27)19-10-4-7-16(2)13-19)17-8-5-9-18(14-17)28-15-20-21(23)11-6-12-22(20)24/h4-14H,3,15H2,1-2H3. The molecular formula is C22H21ClFNO3S. The van der Waals surface area contributed by atoms with Crippen LogP contribution in [0.4, 0.5) is 10.1 Å². The van der Waals surface area contributed by atoms with E-state index in [1.54, 1.807) is 55.5 Å². The fourth-order valence-corrected chi connectivity index (χ4v) is 4.74. The van der Waals surface area contributed by atoms with Crippen LogP contribution in [0.2, 0.25) is 5.02 Å². The molecule has 0 aliphatic rings. The number of halogens is 2. The Morgan fingerprint density at radius 3 is 2.45 bits per heavy atom. The molecule has 0 fully saturated rings. The van der Waals surface area contributed by atoms with E-state index in [2.05, 4.69) is 0 Å². The third kappa shape index (κ3) is 4.71. The van der Waals surface area contributed by atoms with Gasteiger partial charge >= 0.3 is 0 Å². The summed E-state index contributed by atoms with van der Waals surface area (Å²) in [5.41, 5.74) is 1.58. The number of rotatable bonds is 7. The van der Waals surface area contributed by atoms with E-state index in [0.717, 1.165) is 5.56 Å². The van der Waals surface area contributed by atoms with Crippen molar-refractivity contribution in [2.45, 2.75) is 25.3 Å². The Labute approximate surface area is 175 Å². The zero-order chi connectivity index (χ0) is 21.0. The Bertz CT molecular complexity index is 1100. The lowest BCUT2D eigenvalue weighted by molar-refractivity contribution is 0.300. The number of nitrogens with zero attached hydrogens (tertiary/aromatic N) is 1. The van der Waals surface area contributed by atoms with Crippen LogP contribution >= 0.6 is 11.6 Å². The van der Waals surface area contributed by atoms with Gasteiger partial charge in [0.15, 0.2) is 0 Å². The summed E-state index contributed by atoms with van der Waals surface area (Å²) in [6, 6.07) is 17.9. The smallest absolute Gasteiger partial charge is 0.264 e. The first-order valence-corrected chi connectivity index (χ1v) is 10.9. The van der Waals surface area contributed by atoms with Crippen molar-refractivity contribution < 1.29 is 17.5 Å². The van der Waals surface area contributed by atoms with Crippen molar-refractivity contribution in [1.29, 1.82) is 0 Å². The van der Waals surface area contributed by atoms with Crippen molar-refractivity contribution in [1.82, 2.24) is 0 Å². The summed E-state index contributed by atoms with van der Waals surface area (Å²) in [7, 11) is -3.73. The van der Waals surface area contributed by atoms with Crippen molar-refractivity contribution in [2.75, 3.05) is 10.8 Å². The number of hydrogen-bond acceptors (Lipinski definition) is 3. The van der Waals surface area contributed by atoms with Crippen molar-refractivity contribution in [2.24, 2.45) is 0 Å². The van der Waals surface area contributed by atoms with Gasteiger partial charge in [-0.25, -0.2) is 12.8 Å². The minimum absolute atomic E-state index is 0.0638. The minimum atomic E-state index is -3.73. The fraction of sp³-hybridized carbons (Fsp3) is 0.182. The summed E-state index contributed by atoms with van der Waals surface area (Å²) in [5, 5.41) is 0.276. The van der Waals surface area contributed by atoms with Gasteiger partial charge < -0.3 is 4.74 Å². The van der Waals surface area contributed by atoms with Crippen LogP contribution < -0.4 is 9.04 Å². The highest BCUT2D eigenvalue weighted by Gasteiger charge is 2.24. The zero-order valence-corrected chi connectivity index (χ0v) is 17.7. The molecule has 3 rings (SSSR count). The average molecular weight is 434 g/mol. The molecular weight excluding hydrogens is 413 g/mol. The van der Waals surface area contributed by atoms with Crippen LogP contribution in [0, 0.1) is 12.7 Å². The van der Waals surface area contributed by atoms with Gasteiger partial charge in [-0.1, -0.05) is 35.9 Å². The molecule has 0 saturated carbocycles. The van der Waals surface area contributed by atoms with Gasteiger partial charge in [0.05, 0.1) is 15.6 Å². The van der Waals surface area contributed by atoms with E-state index in [-0.39, 0.29) is 28.6 Å². The molecule has 3 aromatic rings. The maximum absolute atomic E-state index is 13.9. The van der Waals surface area contributed by atoms with Gasteiger partial charge in [0.2, 0.25) is 0 Å². The van der Waals surface area contributed by atoms with Crippen molar-refractivity contribution in [3.8, 4) is 5.75 Å². The SMILES string of the molecule is CCN(c1cccc(OCc2c(F)cccc2Cl)c1)S(=O)(=O)c1cccc(C)c1. The molecule has 0 heterocycles. The Morgan fingerprint density at radius 2 is 1.76 bits per heavy atom. The normalized spacial score (nSPS) is 11.3. The summed E-state index contributed by atoms with van der Waals surface area (Å²) >= 11 is 6.03. The van der Waals surface area contributed by atoms with E-state index < -0.39 is 15.8 Å². The molecule has 4 nitrogen and oxygen atoms in total. The Hall–Kier alpha value is -2.57. The Morgan fingerprint density at radius 1 is 1.03 bits per heavy atom. The highest BCUT2D eigenvalue weighted by molar-refractivity contribution is 7.92. The van der Waals surface area contributed by atoms with E-state index in [1.807, 2.05) is 13.0 Å². The van der Waals surface area contributed by atoms with Crippen molar-refractivity contribution in [3.05, 3.63) is 88.7 Å². The first kappa shape index (κ1) is 21.1. The van der Waals surface area contributed by atoms with Gasteiger partial charge in [0.1, 0.15) is 18.2 Å². The molecule has 29 heavy (non-hydrogen) atoms. The number of aryl methyl sites for hydroxylation is 1. The van der Waals surface area contributed by atoms with Crippen molar-refractivity contribution >= 4 is 27.3 Å². The van der Waals surface area contributed by atoms with Gasteiger partial charge in [0.25, 0.3) is 10.0 Å². The number of sulfonamides is 1. The summed E-state index contributed by atoms with van der Waals surface area (Å²) in [6.45, 7) is 3.79. The van der Waals surface area contributed by atoms with Gasteiger partial charge in [-0.3, -0.25) is 4.31 Å². The highest BCUT2D eigenvalue weighted by atomic mass is 35.5. The van der Waals surface area contributed by atoms with Gasteiger partial charge in [-0.2, -0.15) is 0 Å². The third-order valence-corrected chi connectivity index (χ3v) is 6.67. The maximum Gasteiger partial charge on any atom is 0.264 e. The van der Waals surface area contributed by atoms with E-state index in [4.69, 9.17) is 16.3 Å². The lowest BCUT2D eigenvalue weighted by Crippen LogP contribution is -2.30. The molecule has 0 atom stereocenters. The molecule has 0 aliphatic carbocycles. The first-order chi connectivity index (χ1) is 13.8. The second kappa shape index (κ2) is 8.84. The average Bonchev–Trinajstić information content (AvgIpc) is 2.68. The lowest BCUT2D eigenvalue weighted by atomic mass is 10.2. The minimum Gasteiger partial charge on any atom is -0.489 e. The zero-order valence-electron chi connectivity index (χ0n) is 16.1. The molecule has 0 saturated heterocycles. The Balaban J connectivity index is 1.87. The van der Waals surface area contributed by atoms with E-state index in [0.29, 0.717) is 11.4 Å². The molecule has 0 aliphatic heterocycles. The molecule has 0 spiro atoms. The topological polar surface area (TPSA) is 46.6 Å². The number of anilines is 1. The lowest BCUT2D eigenvalue weighted by Gasteiger charge is -2.23. The molecule has 0 N–H and O–H groups in total. The van der Waals surface area contributed by atoms with Gasteiger partial charge in [-0.05, 0) is 55.8 Å². The van der Waals surface area contributed by atoms with Crippen LogP contribution in [-0.4, -0.2) is 15.0 Å². The molecule has 0 aromatic heterocycles. The largest absolute Gasteiger partial charge is 0.489 e. The number of hydrogen-bond donors (Lipinski definition) is 0. The van der Waals surface area contributed by atoms with Crippen LogP contribution in [0.3, 0.4) is 0 Å². The van der Waals surface area contributed by atoms with E-state index in [1.165, 1.54) is 16.4 Å². The number of ether oxygens (including phenoxy) is 1. The predicted octanol–water partition coefficient (Wildman–Crippen LogP) is 5.58. The second-order valence-corrected chi connectivity index (χ2v) is 8.74. The summed E-state index contributed by atoms with van der Waals surface area (Å²) in [4.78, 5) is 0.226. The summed E-state index contributed by atoms with van der Waals surface area (Å²) in [5.74, 6) is -0.0365. The maximum atomic E-state index is 13.9. The molecule has 0 unspecified atom stereocenters. The van der Waals surface area contributed by atoms with Crippen LogP contribution in [0.1, 0.15) is 18.1 Å². The van der Waals surface area contributed by atoms with Gasteiger partial charge in [0, 0.05) is 18.2 Å². The highest BCUT2D eigenvalue weighted by Crippen LogP contribution is 2.28. The predicted molar refractivity (Wildman–Crippen MR) is 114 cm³/mol. The van der Waals surface area contributed by atoms with Gasteiger partial charge in [-0.15, -0.1) is 0 Å². The molecule has 3 aromatic carbocycles. The van der Waals surface area contributed by atoms with Crippen LogP contribution in [0.15, 0.2) is 71.6 Å². The molecule has 0 amide bonds. The second-order valence-electron chi connectivity index (χ2n) is 6.47. The Kier molecular flexibility index (Phi) is 6.45. The van der Waals surface area contributed by atoms with Crippen LogP contribution in [0.25, 0.3) is 0 Å². The summed E-state index contributed by atoms with van der Waals surface area (Å²) in [6.07, 6.45) is 0. The molecule has 0 radical (unpaired) electrons. The van der Waals surface area contributed by atoms with E-state index >= 15 is 0 Å². The monoisotopic (exact) mass is 433 g/mol. The number of benzene rings is 3. The quantitative estimate of drug-likeness (QED) is 0.488. The van der Waals surface area contributed by atoms with Crippen molar-refractivity contribution in [3.63, 3.8) is 0 Å². The fourth-order valence-electron chi connectivity index (χ4n) is 2.95. The van der Waals surface area contributed by atoms with Crippen LogP contribution in [0.5, 0.6) is 5.75 Å². The third-order valence-electron chi connectivity index (χ3n) is 4.42. The summed E-state index contributed by atoms with van der Waals surface area (Å²) < 4.78 is 47.2. The van der Waals surface area contributed by atoms with E-state index in [9.17, 15) is 12.8 Å². The first-order valence-electron chi connectivity index (χ1n) is 9.08. The molecule has 0 bridgehead atoms. The molecule has 7 heteroatoms. The van der Waals surface area contributed by atoms with Crippen LogP contribution in [-0.2, 0) is 16.6 Å².